The average molecular weight is 306 g/mol. The molecule has 2 atom stereocenters. The molecule has 2 rings (SSSR count). The first-order valence-electron chi connectivity index (χ1n) is 7.60. The third-order valence-corrected chi connectivity index (χ3v) is 3.95. The number of ether oxygens (including phenoxy) is 1. The van der Waals surface area contributed by atoms with Crippen molar-refractivity contribution in [1.29, 1.82) is 0 Å². The lowest BCUT2D eigenvalue weighted by Gasteiger charge is -2.28. The van der Waals surface area contributed by atoms with Crippen LogP contribution in [-0.4, -0.2) is 34.2 Å². The van der Waals surface area contributed by atoms with Crippen LogP contribution < -0.4 is 5.48 Å². The van der Waals surface area contributed by atoms with Gasteiger partial charge in [0, 0.05) is 6.04 Å². The zero-order chi connectivity index (χ0) is 15.9. The number of carbonyl (C=O) groups is 2. The first-order valence-corrected chi connectivity index (χ1v) is 7.60. The van der Waals surface area contributed by atoms with E-state index in [4.69, 9.17) is 9.94 Å². The number of rotatable bonds is 5. The number of carbonyl (C=O) groups excluding carboxylic acids is 2. The molecular weight excluding hydrogens is 284 g/mol. The highest BCUT2D eigenvalue weighted by Gasteiger charge is 2.41. The molecule has 0 bridgehead atoms. The molecule has 120 valence electrons. The number of hydroxylamine groups is 1. The Bertz CT molecular complexity index is 506. The average Bonchev–Trinajstić information content (AvgIpc) is 2.97. The third-order valence-electron chi connectivity index (χ3n) is 3.95. The lowest BCUT2D eigenvalue weighted by atomic mass is 10.1. The summed E-state index contributed by atoms with van der Waals surface area (Å²) in [4.78, 5) is 25.6. The van der Waals surface area contributed by atoms with Gasteiger partial charge in [0.05, 0.1) is 0 Å². The molecule has 0 aliphatic carbocycles. The summed E-state index contributed by atoms with van der Waals surface area (Å²) < 4.78 is 5.34. The highest BCUT2D eigenvalue weighted by atomic mass is 16.6. The molecule has 22 heavy (non-hydrogen) atoms. The molecule has 1 aromatic carbocycles. The number of nitrogens with one attached hydrogen (secondary N) is 1. The number of hydrogen-bond donors (Lipinski definition) is 2. The van der Waals surface area contributed by atoms with Gasteiger partial charge in [-0.3, -0.25) is 14.9 Å². The Labute approximate surface area is 130 Å². The summed E-state index contributed by atoms with van der Waals surface area (Å²) in [6, 6.07) is 8.71. The van der Waals surface area contributed by atoms with Gasteiger partial charge in [-0.15, -0.1) is 0 Å². The molecule has 1 saturated heterocycles. The van der Waals surface area contributed by atoms with Crippen molar-refractivity contribution in [2.24, 2.45) is 0 Å². The van der Waals surface area contributed by atoms with E-state index in [1.807, 2.05) is 37.3 Å². The molecule has 1 fully saturated rings. The van der Waals surface area contributed by atoms with E-state index in [-0.39, 0.29) is 12.6 Å². The van der Waals surface area contributed by atoms with E-state index < -0.39 is 18.0 Å². The molecule has 1 aliphatic heterocycles. The molecule has 2 amide bonds. The fourth-order valence-electron chi connectivity index (χ4n) is 2.90. The van der Waals surface area contributed by atoms with E-state index in [9.17, 15) is 9.59 Å². The van der Waals surface area contributed by atoms with Crippen LogP contribution in [0.3, 0.4) is 0 Å². The van der Waals surface area contributed by atoms with Gasteiger partial charge >= 0.3 is 6.09 Å². The van der Waals surface area contributed by atoms with Gasteiger partial charge in [0.25, 0.3) is 5.91 Å². The van der Waals surface area contributed by atoms with E-state index in [0.717, 1.165) is 24.8 Å². The zero-order valence-corrected chi connectivity index (χ0v) is 12.7. The summed E-state index contributed by atoms with van der Waals surface area (Å²) in [5.41, 5.74) is 2.53. The molecule has 0 unspecified atom stereocenters. The molecular formula is C16H22N2O4. The Balaban J connectivity index is 2.03. The predicted octanol–water partition coefficient (Wildman–Crippen LogP) is 2.46. The summed E-state index contributed by atoms with van der Waals surface area (Å²) in [5.74, 6) is -0.560. The Morgan fingerprint density at radius 3 is 2.68 bits per heavy atom. The van der Waals surface area contributed by atoms with Gasteiger partial charge in [-0.1, -0.05) is 43.7 Å². The maximum absolute atomic E-state index is 12.4. The zero-order valence-electron chi connectivity index (χ0n) is 12.7. The summed E-state index contributed by atoms with van der Waals surface area (Å²) in [6.07, 6.45) is 2.51. The lowest BCUT2D eigenvalue weighted by Crippen LogP contribution is -2.48. The summed E-state index contributed by atoms with van der Waals surface area (Å²) in [5, 5.41) is 8.84. The van der Waals surface area contributed by atoms with Crippen LogP contribution in [0.25, 0.3) is 0 Å². The Kier molecular flexibility index (Phi) is 5.77. The Morgan fingerprint density at radius 1 is 1.32 bits per heavy atom. The highest BCUT2D eigenvalue weighted by Crippen LogP contribution is 2.28. The molecule has 0 aromatic heterocycles. The number of likely N-dealkylation sites (tertiary alicyclic amines) is 1. The van der Waals surface area contributed by atoms with Gasteiger partial charge in [0.15, 0.2) is 0 Å². The number of benzene rings is 1. The molecule has 6 heteroatoms. The SMILES string of the molecule is CCC[C@H]1CC[C@H](C(=O)NO)N1C(=O)OCc1ccccc1. The van der Waals surface area contributed by atoms with Crippen LogP contribution in [0.4, 0.5) is 4.79 Å². The van der Waals surface area contributed by atoms with Crippen molar-refractivity contribution < 1.29 is 19.5 Å². The fraction of sp³-hybridized carbons (Fsp3) is 0.500. The second kappa shape index (κ2) is 7.79. The van der Waals surface area contributed by atoms with Crippen LogP contribution in [0.15, 0.2) is 30.3 Å². The molecule has 0 radical (unpaired) electrons. The van der Waals surface area contributed by atoms with E-state index in [1.165, 1.54) is 4.90 Å². The molecule has 0 spiro atoms. The van der Waals surface area contributed by atoms with Crippen molar-refractivity contribution in [2.45, 2.75) is 51.3 Å². The van der Waals surface area contributed by atoms with Crippen molar-refractivity contribution in [1.82, 2.24) is 10.4 Å². The number of amides is 2. The Morgan fingerprint density at radius 2 is 2.05 bits per heavy atom. The second-order valence-corrected chi connectivity index (χ2v) is 5.46. The fourth-order valence-corrected chi connectivity index (χ4v) is 2.90. The van der Waals surface area contributed by atoms with Gasteiger partial charge in [0.1, 0.15) is 12.6 Å². The van der Waals surface area contributed by atoms with Gasteiger partial charge < -0.3 is 4.74 Å². The standard InChI is InChI=1S/C16H22N2O4/c1-2-6-13-9-10-14(15(19)17-21)18(13)16(20)22-11-12-7-4-3-5-8-12/h3-5,7-8,13-14,21H,2,6,9-11H2,1H3,(H,17,19)/t13-,14+/m0/s1. The molecule has 0 saturated carbocycles. The number of hydrogen-bond acceptors (Lipinski definition) is 4. The predicted molar refractivity (Wildman–Crippen MR) is 80.1 cm³/mol. The first kappa shape index (κ1) is 16.3. The summed E-state index contributed by atoms with van der Waals surface area (Å²) in [6.45, 7) is 2.20. The van der Waals surface area contributed by atoms with Crippen LogP contribution in [-0.2, 0) is 16.1 Å². The van der Waals surface area contributed by atoms with Crippen molar-refractivity contribution in [3.8, 4) is 0 Å². The minimum atomic E-state index is -0.662. The van der Waals surface area contributed by atoms with Crippen LogP contribution >= 0.6 is 0 Å². The molecule has 1 aromatic rings. The van der Waals surface area contributed by atoms with E-state index >= 15 is 0 Å². The summed E-state index contributed by atoms with van der Waals surface area (Å²) >= 11 is 0. The maximum atomic E-state index is 12.4. The monoisotopic (exact) mass is 306 g/mol. The van der Waals surface area contributed by atoms with Gasteiger partial charge in [-0.2, -0.15) is 0 Å². The van der Waals surface area contributed by atoms with E-state index in [1.54, 1.807) is 5.48 Å². The van der Waals surface area contributed by atoms with Crippen LogP contribution in [0, 0.1) is 0 Å². The smallest absolute Gasteiger partial charge is 0.411 e. The normalized spacial score (nSPS) is 20.7. The van der Waals surface area contributed by atoms with Gasteiger partial charge in [0.2, 0.25) is 0 Å². The Hall–Kier alpha value is -2.08. The lowest BCUT2D eigenvalue weighted by molar-refractivity contribution is -0.133. The van der Waals surface area contributed by atoms with Crippen molar-refractivity contribution in [3.63, 3.8) is 0 Å². The minimum absolute atomic E-state index is 0.0180. The van der Waals surface area contributed by atoms with Crippen LogP contribution in [0.5, 0.6) is 0 Å². The van der Waals surface area contributed by atoms with Crippen molar-refractivity contribution >= 4 is 12.0 Å². The van der Waals surface area contributed by atoms with Crippen molar-refractivity contribution in [2.75, 3.05) is 0 Å². The minimum Gasteiger partial charge on any atom is -0.445 e. The molecule has 6 nitrogen and oxygen atoms in total. The highest BCUT2D eigenvalue weighted by molar-refractivity contribution is 5.85. The quantitative estimate of drug-likeness (QED) is 0.647. The first-order chi connectivity index (χ1) is 10.7. The summed E-state index contributed by atoms with van der Waals surface area (Å²) in [7, 11) is 0. The largest absolute Gasteiger partial charge is 0.445 e. The molecule has 1 heterocycles. The van der Waals surface area contributed by atoms with Crippen molar-refractivity contribution in [3.05, 3.63) is 35.9 Å². The van der Waals surface area contributed by atoms with Gasteiger partial charge in [-0.25, -0.2) is 10.3 Å². The third kappa shape index (κ3) is 3.76. The van der Waals surface area contributed by atoms with E-state index in [2.05, 4.69) is 0 Å². The molecule has 1 aliphatic rings. The second-order valence-electron chi connectivity index (χ2n) is 5.46. The topological polar surface area (TPSA) is 78.9 Å². The number of nitrogens with zero attached hydrogens (tertiary/aromatic N) is 1. The molecule has 2 N–H and O–H groups in total. The van der Waals surface area contributed by atoms with Crippen LogP contribution in [0.2, 0.25) is 0 Å². The van der Waals surface area contributed by atoms with E-state index in [0.29, 0.717) is 6.42 Å². The van der Waals surface area contributed by atoms with Gasteiger partial charge in [-0.05, 0) is 24.8 Å². The maximum Gasteiger partial charge on any atom is 0.411 e. The van der Waals surface area contributed by atoms with Crippen LogP contribution in [0.1, 0.15) is 38.2 Å².